The Bertz CT molecular complexity index is 1130. The third-order valence-electron chi connectivity index (χ3n) is 4.25. The van der Waals surface area contributed by atoms with Crippen LogP contribution >= 0.6 is 11.8 Å². The van der Waals surface area contributed by atoms with Gasteiger partial charge in [0.1, 0.15) is 11.5 Å². The molecule has 0 radical (unpaired) electrons. The molecule has 0 bridgehead atoms. The first-order valence-corrected chi connectivity index (χ1v) is 9.80. The van der Waals surface area contributed by atoms with Gasteiger partial charge in [-0.3, -0.25) is 4.57 Å². The first-order valence-electron chi connectivity index (χ1n) is 8.82. The highest BCUT2D eigenvalue weighted by atomic mass is 32.2. The molecule has 0 saturated carbocycles. The highest BCUT2D eigenvalue weighted by molar-refractivity contribution is 7.98. The minimum atomic E-state index is -0.228. The van der Waals surface area contributed by atoms with Gasteiger partial charge in [-0.2, -0.15) is 0 Å². The maximum Gasteiger partial charge on any atom is 0.343 e. The summed E-state index contributed by atoms with van der Waals surface area (Å²) in [5.74, 6) is 2.83. The number of nitrogens with zero attached hydrogens (tertiary/aromatic N) is 4. The molecule has 144 valence electrons. The molecule has 4 aromatic rings. The topological polar surface area (TPSA) is 103 Å². The van der Waals surface area contributed by atoms with Gasteiger partial charge in [-0.1, -0.05) is 42.1 Å². The number of benzene rings is 1. The van der Waals surface area contributed by atoms with E-state index in [0.29, 0.717) is 29.2 Å². The number of aromatic nitrogens is 5. The van der Waals surface area contributed by atoms with Crippen LogP contribution in [0, 0.1) is 13.8 Å². The van der Waals surface area contributed by atoms with Crippen molar-refractivity contribution in [1.82, 2.24) is 25.0 Å². The SMILES string of the molecule is Cc1cc(-c2nnc(CSc3n[nH]c(=O)n3CCc3ccccc3)o2)c(C)o1. The molecule has 1 aromatic carbocycles. The smallest absolute Gasteiger partial charge is 0.343 e. The number of aromatic amines is 1. The summed E-state index contributed by atoms with van der Waals surface area (Å²) in [6, 6.07) is 11.9. The van der Waals surface area contributed by atoms with Crippen LogP contribution in [0.15, 0.2) is 55.2 Å². The standard InChI is InChI=1S/C19H19N5O3S/c1-12-10-15(13(2)26-12)17-21-20-16(27-17)11-28-19-23-22-18(25)24(19)9-8-14-6-4-3-5-7-14/h3-7,10H,8-9,11H2,1-2H3,(H,22,25). The van der Waals surface area contributed by atoms with Crippen LogP contribution in [0.1, 0.15) is 23.0 Å². The lowest BCUT2D eigenvalue weighted by Gasteiger charge is -2.04. The second kappa shape index (κ2) is 7.89. The number of H-pyrrole nitrogens is 1. The third kappa shape index (κ3) is 3.94. The minimum absolute atomic E-state index is 0.228. The Balaban J connectivity index is 1.43. The lowest BCUT2D eigenvalue weighted by Crippen LogP contribution is -2.18. The molecule has 0 atom stereocenters. The molecule has 28 heavy (non-hydrogen) atoms. The van der Waals surface area contributed by atoms with E-state index in [0.717, 1.165) is 23.5 Å². The Morgan fingerprint density at radius 1 is 1.14 bits per heavy atom. The van der Waals surface area contributed by atoms with E-state index in [4.69, 9.17) is 8.83 Å². The molecule has 4 rings (SSSR count). The van der Waals surface area contributed by atoms with Gasteiger partial charge in [0.25, 0.3) is 5.89 Å². The Kier molecular flexibility index (Phi) is 5.16. The zero-order valence-electron chi connectivity index (χ0n) is 15.5. The summed E-state index contributed by atoms with van der Waals surface area (Å²) in [7, 11) is 0. The lowest BCUT2D eigenvalue weighted by molar-refractivity contribution is 0.499. The molecule has 1 N–H and O–H groups in total. The first kappa shape index (κ1) is 18.3. The van der Waals surface area contributed by atoms with Crippen molar-refractivity contribution in [1.29, 1.82) is 0 Å². The number of nitrogens with one attached hydrogen (secondary N) is 1. The van der Waals surface area contributed by atoms with E-state index in [9.17, 15) is 4.79 Å². The maximum absolute atomic E-state index is 12.1. The fourth-order valence-electron chi connectivity index (χ4n) is 2.89. The summed E-state index contributed by atoms with van der Waals surface area (Å²) >= 11 is 1.37. The van der Waals surface area contributed by atoms with Crippen molar-refractivity contribution in [3.05, 3.63) is 69.9 Å². The van der Waals surface area contributed by atoms with Gasteiger partial charge >= 0.3 is 5.69 Å². The predicted molar refractivity (Wildman–Crippen MR) is 104 cm³/mol. The van der Waals surface area contributed by atoms with Crippen molar-refractivity contribution in [2.45, 2.75) is 37.7 Å². The maximum atomic E-state index is 12.1. The van der Waals surface area contributed by atoms with E-state index in [-0.39, 0.29) is 5.69 Å². The molecule has 0 amide bonds. The van der Waals surface area contributed by atoms with Crippen LogP contribution in [0.4, 0.5) is 0 Å². The van der Waals surface area contributed by atoms with Crippen molar-refractivity contribution in [3.8, 4) is 11.5 Å². The first-order chi connectivity index (χ1) is 13.6. The van der Waals surface area contributed by atoms with Crippen molar-refractivity contribution in [2.75, 3.05) is 0 Å². The minimum Gasteiger partial charge on any atom is -0.466 e. The van der Waals surface area contributed by atoms with E-state index in [1.165, 1.54) is 17.3 Å². The Labute approximate surface area is 165 Å². The molecule has 0 aliphatic carbocycles. The number of aryl methyl sites for hydroxylation is 3. The van der Waals surface area contributed by atoms with Crippen LogP contribution in [-0.2, 0) is 18.7 Å². The Morgan fingerprint density at radius 2 is 1.96 bits per heavy atom. The lowest BCUT2D eigenvalue weighted by atomic mass is 10.1. The van der Waals surface area contributed by atoms with E-state index < -0.39 is 0 Å². The molecular weight excluding hydrogens is 378 g/mol. The molecule has 3 heterocycles. The monoisotopic (exact) mass is 397 g/mol. The average molecular weight is 397 g/mol. The molecule has 8 nitrogen and oxygen atoms in total. The predicted octanol–water partition coefficient (Wildman–Crippen LogP) is 3.37. The largest absolute Gasteiger partial charge is 0.466 e. The normalized spacial score (nSPS) is 11.2. The number of furan rings is 1. The van der Waals surface area contributed by atoms with Crippen LogP contribution in [0.5, 0.6) is 0 Å². The van der Waals surface area contributed by atoms with Crippen molar-refractivity contribution in [2.24, 2.45) is 0 Å². The van der Waals surface area contributed by atoms with Gasteiger partial charge < -0.3 is 8.83 Å². The van der Waals surface area contributed by atoms with Crippen LogP contribution in [0.3, 0.4) is 0 Å². The molecule has 0 aliphatic rings. The van der Waals surface area contributed by atoms with Crippen molar-refractivity contribution in [3.63, 3.8) is 0 Å². The zero-order chi connectivity index (χ0) is 19.5. The van der Waals surface area contributed by atoms with E-state index in [2.05, 4.69) is 20.4 Å². The van der Waals surface area contributed by atoms with Crippen molar-refractivity contribution >= 4 is 11.8 Å². The van der Waals surface area contributed by atoms with Gasteiger partial charge in [0.2, 0.25) is 5.89 Å². The van der Waals surface area contributed by atoms with Crippen LogP contribution in [-0.4, -0.2) is 25.0 Å². The van der Waals surface area contributed by atoms with Crippen LogP contribution in [0.2, 0.25) is 0 Å². The fraction of sp³-hybridized carbons (Fsp3) is 0.263. The van der Waals surface area contributed by atoms with Gasteiger partial charge in [-0.25, -0.2) is 9.89 Å². The summed E-state index contributed by atoms with van der Waals surface area (Å²) in [4.78, 5) is 12.1. The highest BCUT2D eigenvalue weighted by Gasteiger charge is 2.16. The number of hydrogen-bond donors (Lipinski definition) is 1. The van der Waals surface area contributed by atoms with Gasteiger partial charge in [0, 0.05) is 6.54 Å². The molecule has 0 spiro atoms. The zero-order valence-corrected chi connectivity index (χ0v) is 16.3. The molecule has 0 aliphatic heterocycles. The van der Waals surface area contributed by atoms with E-state index in [1.54, 1.807) is 4.57 Å². The number of thioether (sulfide) groups is 1. The molecule has 9 heteroatoms. The highest BCUT2D eigenvalue weighted by Crippen LogP contribution is 2.27. The summed E-state index contributed by atoms with van der Waals surface area (Å²) < 4.78 is 12.9. The Morgan fingerprint density at radius 3 is 2.71 bits per heavy atom. The summed E-state index contributed by atoms with van der Waals surface area (Å²) in [6.07, 6.45) is 0.748. The summed E-state index contributed by atoms with van der Waals surface area (Å²) in [5, 5.41) is 15.4. The van der Waals surface area contributed by atoms with Gasteiger partial charge in [-0.05, 0) is 31.9 Å². The third-order valence-corrected chi connectivity index (χ3v) is 5.21. The molecule has 3 aromatic heterocycles. The van der Waals surface area contributed by atoms with Gasteiger partial charge in [0.15, 0.2) is 5.16 Å². The second-order valence-corrected chi connectivity index (χ2v) is 7.26. The van der Waals surface area contributed by atoms with Gasteiger partial charge in [0.05, 0.1) is 11.3 Å². The molecule has 0 saturated heterocycles. The molecule has 0 fully saturated rings. The quantitative estimate of drug-likeness (QED) is 0.477. The summed E-state index contributed by atoms with van der Waals surface area (Å²) in [5.41, 5.74) is 1.73. The molecule has 0 unspecified atom stereocenters. The van der Waals surface area contributed by atoms with Crippen molar-refractivity contribution < 1.29 is 8.83 Å². The van der Waals surface area contributed by atoms with Crippen LogP contribution < -0.4 is 5.69 Å². The number of hydrogen-bond acceptors (Lipinski definition) is 7. The number of rotatable bonds is 7. The Hall–Kier alpha value is -3.07. The van der Waals surface area contributed by atoms with Gasteiger partial charge in [-0.15, -0.1) is 15.3 Å². The summed E-state index contributed by atoms with van der Waals surface area (Å²) in [6.45, 7) is 4.27. The van der Waals surface area contributed by atoms with E-state index in [1.807, 2.05) is 50.2 Å². The second-order valence-electron chi connectivity index (χ2n) is 6.32. The fourth-order valence-corrected chi connectivity index (χ4v) is 3.70. The molecular formula is C19H19N5O3S. The van der Waals surface area contributed by atoms with Crippen LogP contribution in [0.25, 0.3) is 11.5 Å². The van der Waals surface area contributed by atoms with E-state index >= 15 is 0 Å². The average Bonchev–Trinajstić information content (AvgIpc) is 3.38.